The lowest BCUT2D eigenvalue weighted by Gasteiger charge is -2.48. The third-order valence-corrected chi connectivity index (χ3v) is 6.47. The number of hydrogen-bond donors (Lipinski definition) is 1. The maximum Gasteiger partial charge on any atom is 0.283 e. The van der Waals surface area contributed by atoms with Crippen molar-refractivity contribution in [3.63, 3.8) is 0 Å². The predicted molar refractivity (Wildman–Crippen MR) is 105 cm³/mol. The number of nitro benzene ring substituents is 1. The lowest BCUT2D eigenvalue weighted by atomic mass is 9.79. The highest BCUT2D eigenvalue weighted by Crippen LogP contribution is 2.34. The number of benzene rings is 1. The van der Waals surface area contributed by atoms with E-state index in [0.29, 0.717) is 17.0 Å². The Kier molecular flexibility index (Phi) is 6.73. The summed E-state index contributed by atoms with van der Waals surface area (Å²) in [7, 11) is 0. The van der Waals surface area contributed by atoms with Crippen LogP contribution in [0, 0.1) is 10.1 Å². The summed E-state index contributed by atoms with van der Waals surface area (Å²) < 4.78 is 5.49. The summed E-state index contributed by atoms with van der Waals surface area (Å²) in [6, 6.07) is 4.69. The van der Waals surface area contributed by atoms with Gasteiger partial charge >= 0.3 is 0 Å². The van der Waals surface area contributed by atoms with Crippen molar-refractivity contribution in [2.75, 3.05) is 39.1 Å². The molecule has 3 rings (SSSR count). The van der Waals surface area contributed by atoms with Crippen LogP contribution in [0.15, 0.2) is 23.1 Å². The first-order valence-corrected chi connectivity index (χ1v) is 10.7. The third kappa shape index (κ3) is 4.62. The Balaban J connectivity index is 1.72. The van der Waals surface area contributed by atoms with Crippen molar-refractivity contribution >= 4 is 23.4 Å². The Morgan fingerprint density at radius 3 is 2.63 bits per heavy atom. The van der Waals surface area contributed by atoms with Crippen molar-refractivity contribution in [1.29, 1.82) is 0 Å². The number of rotatable bonds is 6. The molecule has 27 heavy (non-hydrogen) atoms. The molecule has 0 unspecified atom stereocenters. The van der Waals surface area contributed by atoms with Gasteiger partial charge in [0, 0.05) is 36.8 Å². The molecule has 7 nitrogen and oxygen atoms in total. The second-order valence-electron chi connectivity index (χ2n) is 7.21. The summed E-state index contributed by atoms with van der Waals surface area (Å²) in [5.74, 6) is -0.246. The number of carbonyl (C=O) groups excluding carboxylic acids is 1. The van der Waals surface area contributed by atoms with Gasteiger partial charge in [-0.25, -0.2) is 0 Å². The standard InChI is InChI=1S/C19H27N3O4S/c1-27-17-6-5-15(13-16(17)22(24)25)18(23)20-14-19(7-3-2-4-8-19)21-9-11-26-12-10-21/h5-6,13H,2-4,7-12,14H2,1H3,(H,20,23). The molecule has 1 saturated heterocycles. The molecule has 2 aliphatic rings. The summed E-state index contributed by atoms with van der Waals surface area (Å²) in [4.78, 5) is 26.6. The quantitative estimate of drug-likeness (QED) is 0.454. The van der Waals surface area contributed by atoms with E-state index >= 15 is 0 Å². The smallest absolute Gasteiger partial charge is 0.283 e. The predicted octanol–water partition coefficient (Wildman–Crippen LogP) is 3.08. The van der Waals surface area contributed by atoms with Gasteiger partial charge in [-0.05, 0) is 31.2 Å². The van der Waals surface area contributed by atoms with Crippen LogP contribution in [-0.2, 0) is 4.74 Å². The van der Waals surface area contributed by atoms with Crippen molar-refractivity contribution in [3.8, 4) is 0 Å². The molecule has 0 radical (unpaired) electrons. The number of nitrogens with one attached hydrogen (secondary N) is 1. The fourth-order valence-electron chi connectivity index (χ4n) is 4.17. The van der Waals surface area contributed by atoms with Crippen molar-refractivity contribution in [2.24, 2.45) is 0 Å². The number of hydrogen-bond acceptors (Lipinski definition) is 6. The molecule has 1 aromatic carbocycles. The Morgan fingerprint density at radius 1 is 1.30 bits per heavy atom. The lowest BCUT2D eigenvalue weighted by Crippen LogP contribution is -2.59. The summed E-state index contributed by atoms with van der Waals surface area (Å²) in [5, 5.41) is 14.3. The first kappa shape index (κ1) is 20.1. The fourth-order valence-corrected chi connectivity index (χ4v) is 4.72. The van der Waals surface area contributed by atoms with Gasteiger partial charge in [0.15, 0.2) is 0 Å². The zero-order chi connectivity index (χ0) is 19.3. The fraction of sp³-hybridized carbons (Fsp3) is 0.632. The van der Waals surface area contributed by atoms with Gasteiger partial charge in [-0.15, -0.1) is 11.8 Å². The average molecular weight is 394 g/mol. The van der Waals surface area contributed by atoms with Crippen molar-refractivity contribution in [1.82, 2.24) is 10.2 Å². The van der Waals surface area contributed by atoms with Gasteiger partial charge in [0.05, 0.1) is 23.0 Å². The van der Waals surface area contributed by atoms with Crippen LogP contribution in [-0.4, -0.2) is 60.4 Å². The van der Waals surface area contributed by atoms with E-state index in [-0.39, 0.29) is 17.1 Å². The molecule has 148 valence electrons. The Hall–Kier alpha value is -1.64. The molecule has 0 spiro atoms. The third-order valence-electron chi connectivity index (χ3n) is 5.68. The van der Waals surface area contributed by atoms with E-state index in [9.17, 15) is 14.9 Å². The van der Waals surface area contributed by atoms with Crippen LogP contribution in [0.3, 0.4) is 0 Å². The zero-order valence-corrected chi connectivity index (χ0v) is 16.6. The molecule has 0 bridgehead atoms. The summed E-state index contributed by atoms with van der Waals surface area (Å²) >= 11 is 1.31. The van der Waals surface area contributed by atoms with Gasteiger partial charge in [0.1, 0.15) is 0 Å². The molecule has 1 aromatic rings. The van der Waals surface area contributed by atoms with E-state index < -0.39 is 4.92 Å². The zero-order valence-electron chi connectivity index (χ0n) is 15.7. The van der Waals surface area contributed by atoms with Crippen LogP contribution in [0.5, 0.6) is 0 Å². The molecule has 1 N–H and O–H groups in total. The van der Waals surface area contributed by atoms with Gasteiger partial charge in [-0.2, -0.15) is 0 Å². The summed E-state index contributed by atoms with van der Waals surface area (Å²) in [6.45, 7) is 3.83. The highest BCUT2D eigenvalue weighted by atomic mass is 32.2. The van der Waals surface area contributed by atoms with E-state index in [1.807, 2.05) is 0 Å². The normalized spacial score (nSPS) is 20.2. The van der Waals surface area contributed by atoms with Crippen LogP contribution < -0.4 is 5.32 Å². The molecule has 1 aliphatic heterocycles. The van der Waals surface area contributed by atoms with E-state index in [4.69, 9.17) is 4.74 Å². The Bertz CT molecular complexity index is 686. The average Bonchev–Trinajstić information content (AvgIpc) is 2.72. The molecule has 2 fully saturated rings. The Labute approximate surface area is 164 Å². The Morgan fingerprint density at radius 2 is 2.00 bits per heavy atom. The van der Waals surface area contributed by atoms with Crippen LogP contribution in [0.2, 0.25) is 0 Å². The van der Waals surface area contributed by atoms with E-state index in [2.05, 4.69) is 10.2 Å². The van der Waals surface area contributed by atoms with Crippen molar-refractivity contribution < 1.29 is 14.5 Å². The van der Waals surface area contributed by atoms with E-state index in [1.54, 1.807) is 18.4 Å². The van der Waals surface area contributed by atoms with Crippen LogP contribution in [0.1, 0.15) is 42.5 Å². The van der Waals surface area contributed by atoms with Gasteiger partial charge in [0.25, 0.3) is 11.6 Å². The first-order valence-electron chi connectivity index (χ1n) is 9.49. The second-order valence-corrected chi connectivity index (χ2v) is 8.06. The van der Waals surface area contributed by atoms with E-state index in [1.165, 1.54) is 37.1 Å². The van der Waals surface area contributed by atoms with E-state index in [0.717, 1.165) is 39.1 Å². The second kappa shape index (κ2) is 9.03. The SMILES string of the molecule is CSc1ccc(C(=O)NCC2(N3CCOCC3)CCCCC2)cc1[N+](=O)[O-]. The monoisotopic (exact) mass is 393 g/mol. The molecular formula is C19H27N3O4S. The molecule has 1 heterocycles. The highest BCUT2D eigenvalue weighted by Gasteiger charge is 2.38. The number of ether oxygens (including phenoxy) is 1. The number of carbonyl (C=O) groups is 1. The van der Waals surface area contributed by atoms with Gasteiger partial charge in [0.2, 0.25) is 0 Å². The number of thioether (sulfide) groups is 1. The molecule has 1 aliphatic carbocycles. The maximum atomic E-state index is 12.7. The van der Waals surface area contributed by atoms with Gasteiger partial charge in [-0.3, -0.25) is 19.8 Å². The van der Waals surface area contributed by atoms with Crippen LogP contribution >= 0.6 is 11.8 Å². The first-order chi connectivity index (χ1) is 13.1. The molecule has 1 saturated carbocycles. The van der Waals surface area contributed by atoms with Crippen LogP contribution in [0.4, 0.5) is 5.69 Å². The minimum absolute atomic E-state index is 0.0179. The number of nitrogens with zero attached hydrogens (tertiary/aromatic N) is 2. The molecule has 1 amide bonds. The van der Waals surface area contributed by atoms with Crippen molar-refractivity contribution in [3.05, 3.63) is 33.9 Å². The minimum atomic E-state index is -0.432. The molecule has 0 aromatic heterocycles. The minimum Gasteiger partial charge on any atom is -0.379 e. The number of morpholine rings is 1. The van der Waals surface area contributed by atoms with Gasteiger partial charge < -0.3 is 10.1 Å². The summed E-state index contributed by atoms with van der Waals surface area (Å²) in [5.41, 5.74) is 0.297. The van der Waals surface area contributed by atoms with Crippen molar-refractivity contribution in [2.45, 2.75) is 42.5 Å². The summed E-state index contributed by atoms with van der Waals surface area (Å²) in [6.07, 6.45) is 7.50. The van der Waals surface area contributed by atoms with Gasteiger partial charge in [-0.1, -0.05) is 19.3 Å². The molecular weight excluding hydrogens is 366 g/mol. The maximum absolute atomic E-state index is 12.7. The molecule has 0 atom stereocenters. The largest absolute Gasteiger partial charge is 0.379 e. The van der Waals surface area contributed by atoms with Crippen LogP contribution in [0.25, 0.3) is 0 Å². The molecule has 8 heteroatoms. The highest BCUT2D eigenvalue weighted by molar-refractivity contribution is 7.98. The number of amides is 1. The topological polar surface area (TPSA) is 84.7 Å². The lowest BCUT2D eigenvalue weighted by molar-refractivity contribution is -0.387. The number of nitro groups is 1.